The number of rotatable bonds is 3. The summed E-state index contributed by atoms with van der Waals surface area (Å²) in [7, 11) is 2.88. The molecule has 3 rings (SSSR count). The van der Waals surface area contributed by atoms with Crippen molar-refractivity contribution in [2.75, 3.05) is 40.5 Å². The van der Waals surface area contributed by atoms with Gasteiger partial charge in [0, 0.05) is 25.7 Å². The average molecular weight is 347 g/mol. The van der Waals surface area contributed by atoms with Crippen LogP contribution in [-0.2, 0) is 4.74 Å². The maximum absolute atomic E-state index is 14.3. The van der Waals surface area contributed by atoms with Crippen molar-refractivity contribution in [3.8, 4) is 11.5 Å². The second-order valence-corrected chi connectivity index (χ2v) is 5.32. The first-order chi connectivity index (χ1) is 10.7. The molecule has 2 aliphatic rings. The average Bonchev–Trinajstić information content (AvgIpc) is 3.02. The van der Waals surface area contributed by atoms with Crippen molar-refractivity contribution in [1.29, 1.82) is 0 Å². The molecule has 128 valence electrons. The quantitative estimate of drug-likeness (QED) is 0.887. The van der Waals surface area contributed by atoms with E-state index in [1.54, 1.807) is 4.90 Å². The number of benzene rings is 1. The molecule has 23 heavy (non-hydrogen) atoms. The van der Waals surface area contributed by atoms with Crippen LogP contribution in [0.4, 0.5) is 4.39 Å². The molecule has 0 bridgehead atoms. The molecule has 1 amide bonds. The highest BCUT2D eigenvalue weighted by Gasteiger charge is 2.39. The summed E-state index contributed by atoms with van der Waals surface area (Å²) in [6.45, 7) is 2.28. The lowest BCUT2D eigenvalue weighted by atomic mass is 10.1. The highest BCUT2D eigenvalue weighted by Crippen LogP contribution is 2.31. The number of ether oxygens (including phenoxy) is 3. The van der Waals surface area contributed by atoms with Crippen molar-refractivity contribution >= 4 is 18.3 Å². The Bertz CT molecular complexity index is 587. The van der Waals surface area contributed by atoms with Gasteiger partial charge in [0.05, 0.1) is 38.5 Å². The fourth-order valence-electron chi connectivity index (χ4n) is 3.02. The van der Waals surface area contributed by atoms with Crippen molar-refractivity contribution in [3.05, 3.63) is 23.5 Å². The standard InChI is InChI=1S/C15H19FN2O4.ClH/c1-20-12-5-9(10(16)6-13(12)21-2)15(19)18-3-4-22-14-8-17-7-11(14)18;/h5-6,11,14,17H,3-4,7-8H2,1-2H3;1H/t11-,14+;/m1./s1. The number of nitrogens with zero attached hydrogens (tertiary/aromatic N) is 1. The van der Waals surface area contributed by atoms with E-state index in [0.29, 0.717) is 32.0 Å². The minimum absolute atomic E-state index is 0. The number of carbonyl (C=O) groups is 1. The summed E-state index contributed by atoms with van der Waals surface area (Å²) in [5.74, 6) is -0.363. The molecule has 0 radical (unpaired) electrons. The maximum atomic E-state index is 14.3. The number of hydrogen-bond donors (Lipinski definition) is 1. The van der Waals surface area contributed by atoms with E-state index in [2.05, 4.69) is 5.32 Å². The van der Waals surface area contributed by atoms with Gasteiger partial charge in [-0.3, -0.25) is 4.79 Å². The Morgan fingerprint density at radius 3 is 2.70 bits per heavy atom. The summed E-state index contributed by atoms with van der Waals surface area (Å²) in [6, 6.07) is 2.51. The second-order valence-electron chi connectivity index (χ2n) is 5.32. The Hall–Kier alpha value is -1.57. The molecule has 0 saturated carbocycles. The topological polar surface area (TPSA) is 60.0 Å². The molecule has 6 nitrogen and oxygen atoms in total. The van der Waals surface area contributed by atoms with Crippen LogP contribution in [0, 0.1) is 5.82 Å². The number of halogens is 2. The summed E-state index contributed by atoms with van der Waals surface area (Å²) >= 11 is 0. The number of fused-ring (bicyclic) bond motifs is 1. The van der Waals surface area contributed by atoms with Crippen molar-refractivity contribution in [2.24, 2.45) is 0 Å². The lowest BCUT2D eigenvalue weighted by Gasteiger charge is -2.37. The Labute approximate surface area is 140 Å². The van der Waals surface area contributed by atoms with Gasteiger partial charge in [-0.25, -0.2) is 4.39 Å². The van der Waals surface area contributed by atoms with E-state index >= 15 is 0 Å². The number of hydrogen-bond acceptors (Lipinski definition) is 5. The largest absolute Gasteiger partial charge is 0.493 e. The molecular formula is C15H20ClFN2O4. The monoisotopic (exact) mass is 346 g/mol. The van der Waals surface area contributed by atoms with Crippen LogP contribution in [0.25, 0.3) is 0 Å². The minimum Gasteiger partial charge on any atom is -0.493 e. The summed E-state index contributed by atoms with van der Waals surface area (Å²) in [5.41, 5.74) is -0.00907. The molecule has 0 unspecified atom stereocenters. The van der Waals surface area contributed by atoms with Gasteiger partial charge in [-0.05, 0) is 6.07 Å². The van der Waals surface area contributed by atoms with Gasteiger partial charge >= 0.3 is 0 Å². The van der Waals surface area contributed by atoms with E-state index < -0.39 is 5.82 Å². The van der Waals surface area contributed by atoms with E-state index in [1.807, 2.05) is 0 Å². The summed E-state index contributed by atoms with van der Waals surface area (Å²) in [5, 5.41) is 3.20. The minimum atomic E-state index is -0.614. The SMILES string of the molecule is COc1cc(F)c(C(=O)N2CCO[C@H]3CNC[C@H]32)cc1OC.Cl. The maximum Gasteiger partial charge on any atom is 0.257 e. The van der Waals surface area contributed by atoms with Crippen molar-refractivity contribution in [1.82, 2.24) is 10.2 Å². The van der Waals surface area contributed by atoms with Crippen LogP contribution in [0.5, 0.6) is 11.5 Å². The number of nitrogens with one attached hydrogen (secondary N) is 1. The number of methoxy groups -OCH3 is 2. The molecule has 2 fully saturated rings. The lowest BCUT2D eigenvalue weighted by Crippen LogP contribution is -2.53. The molecule has 1 N–H and O–H groups in total. The van der Waals surface area contributed by atoms with Gasteiger partial charge in [-0.2, -0.15) is 0 Å². The molecule has 2 heterocycles. The van der Waals surface area contributed by atoms with Crippen molar-refractivity contribution in [2.45, 2.75) is 12.1 Å². The summed E-state index contributed by atoms with van der Waals surface area (Å²) in [6.07, 6.45) is -0.0269. The Morgan fingerprint density at radius 2 is 2.00 bits per heavy atom. The predicted molar refractivity (Wildman–Crippen MR) is 84.2 cm³/mol. The van der Waals surface area contributed by atoms with Crippen LogP contribution in [0.15, 0.2) is 12.1 Å². The first-order valence-electron chi connectivity index (χ1n) is 7.20. The summed E-state index contributed by atoms with van der Waals surface area (Å²) < 4.78 is 30.1. The lowest BCUT2D eigenvalue weighted by molar-refractivity contribution is -0.0366. The summed E-state index contributed by atoms with van der Waals surface area (Å²) in [4.78, 5) is 14.4. The Kier molecular flexibility index (Phi) is 5.67. The molecule has 1 aromatic carbocycles. The fraction of sp³-hybridized carbons (Fsp3) is 0.533. The zero-order valence-electron chi connectivity index (χ0n) is 13.0. The predicted octanol–water partition coefficient (Wildman–Crippen LogP) is 1.08. The zero-order chi connectivity index (χ0) is 15.7. The van der Waals surface area contributed by atoms with Gasteiger partial charge < -0.3 is 24.4 Å². The first kappa shape index (κ1) is 17.8. The van der Waals surface area contributed by atoms with Gasteiger partial charge in [0.1, 0.15) is 5.82 Å². The van der Waals surface area contributed by atoms with E-state index in [9.17, 15) is 9.18 Å². The van der Waals surface area contributed by atoms with Crippen LogP contribution in [0.3, 0.4) is 0 Å². The molecule has 1 aromatic rings. The highest BCUT2D eigenvalue weighted by atomic mass is 35.5. The second kappa shape index (κ2) is 7.33. The molecule has 2 aliphatic heterocycles. The van der Waals surface area contributed by atoms with E-state index in [-0.39, 0.29) is 41.8 Å². The number of amides is 1. The van der Waals surface area contributed by atoms with Gasteiger partial charge in [0.15, 0.2) is 11.5 Å². The normalized spacial score (nSPS) is 23.0. The fourth-order valence-corrected chi connectivity index (χ4v) is 3.02. The molecular weight excluding hydrogens is 327 g/mol. The Balaban J connectivity index is 0.00000192. The van der Waals surface area contributed by atoms with Gasteiger partial charge in [-0.15, -0.1) is 12.4 Å². The molecule has 0 spiro atoms. The van der Waals surface area contributed by atoms with E-state index in [1.165, 1.54) is 26.4 Å². The highest BCUT2D eigenvalue weighted by molar-refractivity contribution is 5.95. The third-order valence-electron chi connectivity index (χ3n) is 4.16. The van der Waals surface area contributed by atoms with E-state index in [0.717, 1.165) is 0 Å². The first-order valence-corrected chi connectivity index (χ1v) is 7.20. The van der Waals surface area contributed by atoms with Crippen LogP contribution < -0.4 is 14.8 Å². The van der Waals surface area contributed by atoms with Crippen molar-refractivity contribution < 1.29 is 23.4 Å². The number of carbonyl (C=O) groups excluding carboxylic acids is 1. The van der Waals surface area contributed by atoms with Crippen LogP contribution in [0.2, 0.25) is 0 Å². The molecule has 0 aliphatic carbocycles. The van der Waals surface area contributed by atoms with Crippen molar-refractivity contribution in [3.63, 3.8) is 0 Å². The van der Waals surface area contributed by atoms with Crippen LogP contribution in [-0.4, -0.2) is 63.4 Å². The molecule has 8 heteroatoms. The zero-order valence-corrected chi connectivity index (χ0v) is 13.8. The van der Waals surface area contributed by atoms with Gasteiger partial charge in [0.2, 0.25) is 0 Å². The van der Waals surface area contributed by atoms with E-state index in [4.69, 9.17) is 14.2 Å². The third kappa shape index (κ3) is 3.22. The third-order valence-corrected chi connectivity index (χ3v) is 4.16. The van der Waals surface area contributed by atoms with Crippen LogP contribution >= 0.6 is 12.4 Å². The van der Waals surface area contributed by atoms with Gasteiger partial charge in [-0.1, -0.05) is 0 Å². The molecule has 0 aromatic heterocycles. The Morgan fingerprint density at radius 1 is 1.30 bits per heavy atom. The van der Waals surface area contributed by atoms with Gasteiger partial charge in [0.25, 0.3) is 5.91 Å². The molecule has 2 saturated heterocycles. The van der Waals surface area contributed by atoms with Crippen LogP contribution in [0.1, 0.15) is 10.4 Å². The smallest absolute Gasteiger partial charge is 0.257 e. The molecule has 2 atom stereocenters. The number of morpholine rings is 1.